The Kier molecular flexibility index (Phi) is 5.87. The predicted molar refractivity (Wildman–Crippen MR) is 68.9 cm³/mol. The second-order valence-corrected chi connectivity index (χ2v) is 3.94. The Morgan fingerprint density at radius 2 is 2.33 bits per heavy atom. The molecule has 0 aromatic carbocycles. The molecule has 1 aromatic rings. The van der Waals surface area contributed by atoms with Gasteiger partial charge in [-0.05, 0) is 30.5 Å². The number of aromatic hydroxyl groups is 1. The van der Waals surface area contributed by atoms with Crippen molar-refractivity contribution in [2.24, 2.45) is 0 Å². The zero-order valence-electron chi connectivity index (χ0n) is 10.3. The van der Waals surface area contributed by atoms with E-state index in [1.807, 2.05) is 6.92 Å². The summed E-state index contributed by atoms with van der Waals surface area (Å²) in [6, 6.07) is 1.50. The van der Waals surface area contributed by atoms with Crippen LogP contribution in [-0.4, -0.2) is 33.8 Å². The summed E-state index contributed by atoms with van der Waals surface area (Å²) >= 11 is 0. The summed E-state index contributed by atoms with van der Waals surface area (Å²) in [6.07, 6.45) is 7.15. The summed E-state index contributed by atoms with van der Waals surface area (Å²) in [5.41, 5.74) is 0.653. The minimum Gasteiger partial charge on any atom is -0.506 e. The largest absolute Gasteiger partial charge is 0.506 e. The molecule has 1 heterocycles. The van der Waals surface area contributed by atoms with Crippen LogP contribution >= 0.6 is 0 Å². The molecule has 1 amide bonds. The van der Waals surface area contributed by atoms with E-state index < -0.39 is 0 Å². The molecule has 1 rings (SSSR count). The number of hydrogen-bond acceptors (Lipinski definition) is 4. The van der Waals surface area contributed by atoms with Gasteiger partial charge in [0.1, 0.15) is 5.75 Å². The first-order valence-corrected chi connectivity index (χ1v) is 5.89. The Morgan fingerprint density at radius 1 is 1.56 bits per heavy atom. The first-order chi connectivity index (χ1) is 8.65. The molecular formula is C13H18N2O3. The highest BCUT2D eigenvalue weighted by Gasteiger charge is 2.06. The number of pyridine rings is 1. The van der Waals surface area contributed by atoms with Crippen LogP contribution in [0.1, 0.15) is 25.3 Å². The number of carbonyl (C=O) groups excluding carboxylic acids is 1. The van der Waals surface area contributed by atoms with Crippen molar-refractivity contribution in [3.63, 3.8) is 0 Å². The maximum atomic E-state index is 11.6. The van der Waals surface area contributed by atoms with Crippen LogP contribution in [0.25, 0.3) is 6.08 Å². The van der Waals surface area contributed by atoms with E-state index in [9.17, 15) is 9.90 Å². The van der Waals surface area contributed by atoms with Gasteiger partial charge < -0.3 is 15.5 Å². The smallest absolute Gasteiger partial charge is 0.244 e. The minimum absolute atomic E-state index is 0.0190. The average Bonchev–Trinajstić information content (AvgIpc) is 2.36. The van der Waals surface area contributed by atoms with Crippen LogP contribution < -0.4 is 5.32 Å². The van der Waals surface area contributed by atoms with Crippen LogP contribution in [0.5, 0.6) is 5.75 Å². The summed E-state index contributed by atoms with van der Waals surface area (Å²) in [6.45, 7) is 2.00. The van der Waals surface area contributed by atoms with Crippen LogP contribution in [0.2, 0.25) is 0 Å². The van der Waals surface area contributed by atoms with Crippen molar-refractivity contribution >= 4 is 12.0 Å². The molecule has 1 atom stereocenters. The van der Waals surface area contributed by atoms with Crippen LogP contribution in [0.3, 0.4) is 0 Å². The topological polar surface area (TPSA) is 82.5 Å². The lowest BCUT2D eigenvalue weighted by atomic mass is 10.1. The fraction of sp³-hybridized carbons (Fsp3) is 0.385. The zero-order valence-corrected chi connectivity index (χ0v) is 10.3. The van der Waals surface area contributed by atoms with Crippen LogP contribution in [0.4, 0.5) is 0 Å². The van der Waals surface area contributed by atoms with Gasteiger partial charge in [0, 0.05) is 24.9 Å². The molecule has 0 aliphatic heterocycles. The molecule has 0 spiro atoms. The monoisotopic (exact) mass is 250 g/mol. The third-order valence-corrected chi connectivity index (χ3v) is 2.49. The van der Waals surface area contributed by atoms with Gasteiger partial charge in [-0.1, -0.05) is 6.92 Å². The molecule has 1 aromatic heterocycles. The van der Waals surface area contributed by atoms with Gasteiger partial charge in [0.25, 0.3) is 0 Å². The van der Waals surface area contributed by atoms with Crippen molar-refractivity contribution in [1.29, 1.82) is 0 Å². The lowest BCUT2D eigenvalue weighted by Gasteiger charge is -2.13. The quantitative estimate of drug-likeness (QED) is 0.660. The summed E-state index contributed by atoms with van der Waals surface area (Å²) < 4.78 is 0. The maximum absolute atomic E-state index is 11.6. The normalized spacial score (nSPS) is 12.6. The molecule has 0 aliphatic rings. The standard InChI is InChI=1S/C13H18N2O3/c1-2-11(5-6-16)15-13(18)4-3-10-7-12(17)9-14-8-10/h3-4,7-9,11,16-17H,2,5-6H2,1H3,(H,15,18)/b4-3+. The molecule has 1 unspecified atom stereocenters. The van der Waals surface area contributed by atoms with E-state index in [0.29, 0.717) is 12.0 Å². The molecule has 0 saturated carbocycles. The number of aromatic nitrogens is 1. The van der Waals surface area contributed by atoms with E-state index in [0.717, 1.165) is 6.42 Å². The lowest BCUT2D eigenvalue weighted by molar-refractivity contribution is -0.117. The SMILES string of the molecule is CCC(CCO)NC(=O)/C=C/c1cncc(O)c1. The van der Waals surface area contributed by atoms with Crippen molar-refractivity contribution in [1.82, 2.24) is 10.3 Å². The van der Waals surface area contributed by atoms with Crippen molar-refractivity contribution in [3.05, 3.63) is 30.1 Å². The number of nitrogens with zero attached hydrogens (tertiary/aromatic N) is 1. The Balaban J connectivity index is 2.53. The first kappa shape index (κ1) is 14.2. The first-order valence-electron chi connectivity index (χ1n) is 5.89. The maximum Gasteiger partial charge on any atom is 0.244 e. The van der Waals surface area contributed by atoms with Gasteiger partial charge in [0.2, 0.25) is 5.91 Å². The molecule has 98 valence electrons. The van der Waals surface area contributed by atoms with Crippen molar-refractivity contribution in [3.8, 4) is 5.75 Å². The second kappa shape index (κ2) is 7.45. The second-order valence-electron chi connectivity index (χ2n) is 3.94. The van der Waals surface area contributed by atoms with Gasteiger partial charge in [0.05, 0.1) is 6.20 Å². The van der Waals surface area contributed by atoms with Gasteiger partial charge in [-0.3, -0.25) is 9.78 Å². The van der Waals surface area contributed by atoms with E-state index in [-0.39, 0.29) is 24.3 Å². The molecule has 18 heavy (non-hydrogen) atoms. The Morgan fingerprint density at radius 3 is 2.94 bits per heavy atom. The molecule has 3 N–H and O–H groups in total. The van der Waals surface area contributed by atoms with Gasteiger partial charge in [0.15, 0.2) is 0 Å². The van der Waals surface area contributed by atoms with E-state index in [1.54, 1.807) is 12.3 Å². The highest BCUT2D eigenvalue weighted by atomic mass is 16.3. The fourth-order valence-corrected chi connectivity index (χ4v) is 1.49. The molecule has 0 aliphatic carbocycles. The van der Waals surface area contributed by atoms with Gasteiger partial charge >= 0.3 is 0 Å². The summed E-state index contributed by atoms with van der Waals surface area (Å²) in [5, 5.41) is 20.8. The number of nitrogens with one attached hydrogen (secondary N) is 1. The van der Waals surface area contributed by atoms with E-state index in [1.165, 1.54) is 18.3 Å². The zero-order chi connectivity index (χ0) is 13.4. The van der Waals surface area contributed by atoms with E-state index in [2.05, 4.69) is 10.3 Å². The minimum atomic E-state index is -0.223. The number of amides is 1. The molecule has 5 nitrogen and oxygen atoms in total. The van der Waals surface area contributed by atoms with Crippen LogP contribution in [0.15, 0.2) is 24.5 Å². The summed E-state index contributed by atoms with van der Waals surface area (Å²) in [4.78, 5) is 15.4. The van der Waals surface area contributed by atoms with Crippen LogP contribution in [0, 0.1) is 0 Å². The molecule has 0 fully saturated rings. The Bertz CT molecular complexity index is 418. The number of aliphatic hydroxyl groups excluding tert-OH is 1. The molecular weight excluding hydrogens is 232 g/mol. The average molecular weight is 250 g/mol. The van der Waals surface area contributed by atoms with Crippen molar-refractivity contribution < 1.29 is 15.0 Å². The highest BCUT2D eigenvalue weighted by molar-refractivity contribution is 5.91. The Labute approximate surface area is 106 Å². The van der Waals surface area contributed by atoms with Crippen molar-refractivity contribution in [2.45, 2.75) is 25.8 Å². The number of carbonyl (C=O) groups is 1. The van der Waals surface area contributed by atoms with Gasteiger partial charge in [-0.15, -0.1) is 0 Å². The van der Waals surface area contributed by atoms with Gasteiger partial charge in [-0.2, -0.15) is 0 Å². The van der Waals surface area contributed by atoms with Gasteiger partial charge in [-0.25, -0.2) is 0 Å². The van der Waals surface area contributed by atoms with Crippen LogP contribution in [-0.2, 0) is 4.79 Å². The number of rotatable bonds is 6. The molecule has 0 bridgehead atoms. The fourth-order valence-electron chi connectivity index (χ4n) is 1.49. The molecule has 0 saturated heterocycles. The predicted octanol–water partition coefficient (Wildman–Crippen LogP) is 1.08. The number of aliphatic hydroxyl groups is 1. The highest BCUT2D eigenvalue weighted by Crippen LogP contribution is 2.09. The molecule has 0 radical (unpaired) electrons. The van der Waals surface area contributed by atoms with Crippen molar-refractivity contribution in [2.75, 3.05) is 6.61 Å². The number of hydrogen-bond donors (Lipinski definition) is 3. The molecule has 5 heteroatoms. The van der Waals surface area contributed by atoms with E-state index in [4.69, 9.17) is 5.11 Å². The summed E-state index contributed by atoms with van der Waals surface area (Å²) in [7, 11) is 0. The lowest BCUT2D eigenvalue weighted by Crippen LogP contribution is -2.33. The van der Waals surface area contributed by atoms with E-state index >= 15 is 0 Å². The summed E-state index contributed by atoms with van der Waals surface area (Å²) in [5.74, 6) is -0.164. The third-order valence-electron chi connectivity index (χ3n) is 2.49. The third kappa shape index (κ3) is 4.97. The Hall–Kier alpha value is -1.88.